The molecule has 0 bridgehead atoms. The van der Waals surface area contributed by atoms with Crippen LogP contribution < -0.4 is 0 Å². The van der Waals surface area contributed by atoms with E-state index < -0.39 is 28.0 Å². The van der Waals surface area contributed by atoms with Crippen LogP contribution >= 0.6 is 0 Å². The molecule has 25 heavy (non-hydrogen) atoms. The summed E-state index contributed by atoms with van der Waals surface area (Å²) in [6.07, 6.45) is 0. The summed E-state index contributed by atoms with van der Waals surface area (Å²) in [7, 11) is 0. The number of aromatic hydroxyl groups is 3. The molecule has 2 rings (SSSR count). The van der Waals surface area contributed by atoms with E-state index in [0.29, 0.717) is 0 Å². The summed E-state index contributed by atoms with van der Waals surface area (Å²) in [5.74, 6) is -2.49. The Bertz CT molecular complexity index is 864. The minimum atomic E-state index is -0.951. The zero-order valence-electron chi connectivity index (χ0n) is 12.9. The molecule has 0 aliphatic heterocycles. The molecule has 0 atom stereocenters. The van der Waals surface area contributed by atoms with E-state index in [9.17, 15) is 30.2 Å². The first-order valence-electron chi connectivity index (χ1n) is 6.96. The van der Waals surface area contributed by atoms with E-state index in [2.05, 4.69) is 10.2 Å². The molecule has 0 aromatic heterocycles. The molecule has 3 N–H and O–H groups in total. The number of rotatable bonds is 5. The highest BCUT2D eigenvalue weighted by Crippen LogP contribution is 2.38. The number of nitro benzene ring substituents is 1. The first-order chi connectivity index (χ1) is 11.8. The summed E-state index contributed by atoms with van der Waals surface area (Å²) in [4.78, 5) is 21.8. The van der Waals surface area contributed by atoms with E-state index in [1.807, 2.05) is 0 Å². The summed E-state index contributed by atoms with van der Waals surface area (Å²) >= 11 is 0. The van der Waals surface area contributed by atoms with Crippen LogP contribution in [0.3, 0.4) is 0 Å². The van der Waals surface area contributed by atoms with Crippen molar-refractivity contribution in [2.75, 3.05) is 6.61 Å². The lowest BCUT2D eigenvalue weighted by atomic mass is 10.1. The lowest BCUT2D eigenvalue weighted by Crippen LogP contribution is -2.05. The second-order valence-corrected chi connectivity index (χ2v) is 4.68. The Morgan fingerprint density at radius 2 is 1.76 bits per heavy atom. The third kappa shape index (κ3) is 3.80. The molecule has 2 aromatic rings. The van der Waals surface area contributed by atoms with Gasteiger partial charge in [-0.15, -0.1) is 10.2 Å². The molecule has 10 heteroatoms. The van der Waals surface area contributed by atoms with Crippen LogP contribution in [0.4, 0.5) is 17.1 Å². The summed E-state index contributed by atoms with van der Waals surface area (Å²) in [5.41, 5.74) is -1.21. The molecule has 0 amide bonds. The average Bonchev–Trinajstić information content (AvgIpc) is 2.55. The molecule has 0 fully saturated rings. The van der Waals surface area contributed by atoms with Gasteiger partial charge in [-0.3, -0.25) is 10.1 Å². The van der Waals surface area contributed by atoms with Crippen molar-refractivity contribution in [2.45, 2.75) is 6.92 Å². The van der Waals surface area contributed by atoms with Gasteiger partial charge >= 0.3 is 5.97 Å². The normalized spacial score (nSPS) is 10.8. The number of carbonyl (C=O) groups excluding carboxylic acids is 1. The highest BCUT2D eigenvalue weighted by Gasteiger charge is 2.21. The van der Waals surface area contributed by atoms with E-state index >= 15 is 0 Å². The van der Waals surface area contributed by atoms with Gasteiger partial charge in [0.05, 0.1) is 11.5 Å². The van der Waals surface area contributed by atoms with Crippen molar-refractivity contribution in [3.8, 4) is 17.2 Å². The van der Waals surface area contributed by atoms with Crippen molar-refractivity contribution in [3.63, 3.8) is 0 Å². The number of phenolic OH excluding ortho intramolecular Hbond substituents is 3. The van der Waals surface area contributed by atoms with Gasteiger partial charge in [0.15, 0.2) is 5.75 Å². The van der Waals surface area contributed by atoms with Gasteiger partial charge in [0.2, 0.25) is 0 Å². The van der Waals surface area contributed by atoms with Gasteiger partial charge < -0.3 is 20.1 Å². The molecule has 0 saturated heterocycles. The Labute approximate surface area is 140 Å². The summed E-state index contributed by atoms with van der Waals surface area (Å²) in [6, 6.07) is 5.43. The molecule has 0 unspecified atom stereocenters. The Morgan fingerprint density at radius 1 is 1.12 bits per heavy atom. The van der Waals surface area contributed by atoms with Crippen LogP contribution in [-0.2, 0) is 4.74 Å². The quantitative estimate of drug-likeness (QED) is 0.324. The fraction of sp³-hybridized carbons (Fsp3) is 0.133. The van der Waals surface area contributed by atoms with Crippen LogP contribution in [-0.4, -0.2) is 32.8 Å². The zero-order chi connectivity index (χ0) is 18.6. The van der Waals surface area contributed by atoms with Crippen molar-refractivity contribution in [1.29, 1.82) is 0 Å². The topological polar surface area (TPSA) is 155 Å². The van der Waals surface area contributed by atoms with E-state index in [4.69, 9.17) is 4.74 Å². The number of ether oxygens (including phenoxy) is 1. The number of nitrogens with zero attached hydrogens (tertiary/aromatic N) is 3. The smallest absolute Gasteiger partial charge is 0.345 e. The zero-order valence-corrected chi connectivity index (χ0v) is 12.9. The summed E-state index contributed by atoms with van der Waals surface area (Å²) in [5, 5.41) is 47.5. The third-order valence-electron chi connectivity index (χ3n) is 3.05. The van der Waals surface area contributed by atoms with Crippen molar-refractivity contribution < 1.29 is 29.8 Å². The second-order valence-electron chi connectivity index (χ2n) is 4.68. The monoisotopic (exact) mass is 347 g/mol. The maximum absolute atomic E-state index is 11.8. The van der Waals surface area contributed by atoms with Gasteiger partial charge in [-0.25, -0.2) is 4.79 Å². The number of benzene rings is 2. The summed E-state index contributed by atoms with van der Waals surface area (Å²) in [6.45, 7) is 1.59. The van der Waals surface area contributed by atoms with Crippen molar-refractivity contribution in [2.24, 2.45) is 10.2 Å². The van der Waals surface area contributed by atoms with Crippen molar-refractivity contribution in [1.82, 2.24) is 0 Å². The first kappa shape index (κ1) is 17.7. The Balaban J connectivity index is 2.43. The van der Waals surface area contributed by atoms with Crippen LogP contribution in [0, 0.1) is 10.1 Å². The van der Waals surface area contributed by atoms with Gasteiger partial charge in [-0.2, -0.15) is 0 Å². The number of esters is 1. The van der Waals surface area contributed by atoms with Crippen molar-refractivity contribution in [3.05, 3.63) is 46.0 Å². The van der Waals surface area contributed by atoms with Crippen LogP contribution in [0.5, 0.6) is 17.2 Å². The Kier molecular flexibility index (Phi) is 5.12. The number of carbonyl (C=O) groups is 1. The highest BCUT2D eigenvalue weighted by atomic mass is 16.6. The number of non-ortho nitro benzene ring substituents is 1. The van der Waals surface area contributed by atoms with E-state index in [1.54, 1.807) is 6.92 Å². The van der Waals surface area contributed by atoms with E-state index in [0.717, 1.165) is 24.3 Å². The molecule has 130 valence electrons. The van der Waals surface area contributed by atoms with Gasteiger partial charge in [-0.1, -0.05) is 0 Å². The number of phenols is 3. The van der Waals surface area contributed by atoms with Gasteiger partial charge in [-0.05, 0) is 25.1 Å². The van der Waals surface area contributed by atoms with Crippen LogP contribution in [0.15, 0.2) is 40.6 Å². The lowest BCUT2D eigenvalue weighted by Gasteiger charge is -2.08. The number of hydrogen-bond donors (Lipinski definition) is 3. The third-order valence-corrected chi connectivity index (χ3v) is 3.05. The SMILES string of the molecule is CCOC(=O)c1c(O)ccc(N=Nc2cc([N+](=O)[O-])ccc2O)c1O. The molecule has 0 radical (unpaired) electrons. The predicted molar refractivity (Wildman–Crippen MR) is 84.7 cm³/mol. The van der Waals surface area contributed by atoms with E-state index in [-0.39, 0.29) is 29.4 Å². The first-order valence-corrected chi connectivity index (χ1v) is 6.96. The molecule has 10 nitrogen and oxygen atoms in total. The molecule has 0 aliphatic rings. The van der Waals surface area contributed by atoms with Gasteiger partial charge in [0.1, 0.15) is 28.4 Å². The fourth-order valence-corrected chi connectivity index (χ4v) is 1.87. The van der Waals surface area contributed by atoms with Gasteiger partial charge in [0, 0.05) is 12.1 Å². The highest BCUT2D eigenvalue weighted by molar-refractivity contribution is 5.97. The fourth-order valence-electron chi connectivity index (χ4n) is 1.87. The minimum absolute atomic E-state index is 0.0328. The maximum Gasteiger partial charge on any atom is 0.345 e. The lowest BCUT2D eigenvalue weighted by molar-refractivity contribution is -0.384. The molecule has 0 aliphatic carbocycles. The standard InChI is InChI=1S/C15H13N3O7/c1-2-25-15(22)13-12(20)6-4-9(14(13)21)16-17-10-7-8(18(23)24)3-5-11(10)19/h3-7,19-21H,2H2,1H3. The maximum atomic E-state index is 11.8. The molecule has 0 spiro atoms. The van der Waals surface area contributed by atoms with Crippen LogP contribution in [0.25, 0.3) is 0 Å². The number of hydrogen-bond acceptors (Lipinski definition) is 9. The molecular weight excluding hydrogens is 334 g/mol. The van der Waals surface area contributed by atoms with Crippen LogP contribution in [0.1, 0.15) is 17.3 Å². The molecular formula is C15H13N3O7. The van der Waals surface area contributed by atoms with Crippen LogP contribution in [0.2, 0.25) is 0 Å². The van der Waals surface area contributed by atoms with Crippen molar-refractivity contribution >= 4 is 23.0 Å². The molecule has 0 heterocycles. The largest absolute Gasteiger partial charge is 0.507 e. The number of nitro groups is 1. The van der Waals surface area contributed by atoms with E-state index in [1.165, 1.54) is 6.07 Å². The molecule has 0 saturated carbocycles. The predicted octanol–water partition coefficient (Wildman–Crippen LogP) is 3.30. The second kappa shape index (κ2) is 7.25. The average molecular weight is 347 g/mol. The Hall–Kier alpha value is -3.69. The molecule has 2 aromatic carbocycles. The van der Waals surface area contributed by atoms with Gasteiger partial charge in [0.25, 0.3) is 5.69 Å². The number of azo groups is 1. The summed E-state index contributed by atoms with van der Waals surface area (Å²) < 4.78 is 4.72. The Morgan fingerprint density at radius 3 is 2.40 bits per heavy atom. The minimum Gasteiger partial charge on any atom is -0.507 e.